The van der Waals surface area contributed by atoms with E-state index in [-0.39, 0.29) is 18.4 Å². The second-order valence-electron chi connectivity index (χ2n) is 3.85. The first kappa shape index (κ1) is 13.5. The topological polar surface area (TPSA) is 66.4 Å². The van der Waals surface area contributed by atoms with Crippen LogP contribution in [0.15, 0.2) is 24.3 Å². The molecule has 0 aromatic heterocycles. The zero-order valence-electron chi connectivity index (χ0n) is 9.44. The number of aliphatic carboxylic acids is 1. The number of carboxylic acids is 1. The normalized spacial score (nSPS) is 11.9. The highest BCUT2D eigenvalue weighted by Gasteiger charge is 2.14. The van der Waals surface area contributed by atoms with E-state index in [2.05, 4.69) is 5.32 Å². The summed E-state index contributed by atoms with van der Waals surface area (Å²) < 4.78 is 0. The Balaban J connectivity index is 2.51. The Bertz CT molecular complexity index is 420. The van der Waals surface area contributed by atoms with Crippen molar-refractivity contribution in [2.24, 2.45) is 5.92 Å². The van der Waals surface area contributed by atoms with Gasteiger partial charge in [0.25, 0.3) is 0 Å². The monoisotopic (exact) mass is 255 g/mol. The highest BCUT2D eigenvalue weighted by molar-refractivity contribution is 6.30. The maximum absolute atomic E-state index is 11.5. The van der Waals surface area contributed by atoms with E-state index in [1.165, 1.54) is 0 Å². The molecule has 0 aliphatic heterocycles. The molecular formula is C12H14ClNO3. The molecule has 0 spiro atoms. The van der Waals surface area contributed by atoms with Gasteiger partial charge >= 0.3 is 5.97 Å². The molecule has 0 saturated heterocycles. The van der Waals surface area contributed by atoms with Crippen molar-refractivity contribution in [2.75, 3.05) is 6.54 Å². The first-order valence-electron chi connectivity index (χ1n) is 5.23. The van der Waals surface area contributed by atoms with Gasteiger partial charge in [-0.05, 0) is 24.1 Å². The highest BCUT2D eigenvalue weighted by Crippen LogP contribution is 2.14. The minimum Gasteiger partial charge on any atom is -0.480 e. The van der Waals surface area contributed by atoms with Gasteiger partial charge in [-0.15, -0.1) is 0 Å². The van der Waals surface area contributed by atoms with Gasteiger partial charge in [0.1, 0.15) is 6.54 Å². The number of halogens is 1. The molecule has 1 aromatic carbocycles. The molecule has 0 saturated carbocycles. The zero-order valence-corrected chi connectivity index (χ0v) is 10.2. The summed E-state index contributed by atoms with van der Waals surface area (Å²) in [4.78, 5) is 21.8. The summed E-state index contributed by atoms with van der Waals surface area (Å²) in [6.07, 6.45) is 0.534. The van der Waals surface area contributed by atoms with Crippen LogP contribution in [0.25, 0.3) is 0 Å². The van der Waals surface area contributed by atoms with Crippen LogP contribution in [0.1, 0.15) is 12.5 Å². The molecule has 0 heterocycles. The molecule has 1 aromatic rings. The number of amides is 1. The molecule has 4 nitrogen and oxygen atoms in total. The predicted molar refractivity (Wildman–Crippen MR) is 65.0 cm³/mol. The number of hydrogen-bond donors (Lipinski definition) is 2. The Morgan fingerprint density at radius 2 is 2.18 bits per heavy atom. The summed E-state index contributed by atoms with van der Waals surface area (Å²) in [6, 6.07) is 7.26. The lowest BCUT2D eigenvalue weighted by Crippen LogP contribution is -2.34. The molecule has 0 fully saturated rings. The second-order valence-corrected chi connectivity index (χ2v) is 4.28. The number of hydrogen-bond acceptors (Lipinski definition) is 2. The lowest BCUT2D eigenvalue weighted by molar-refractivity contribution is -0.138. The Labute approximate surface area is 105 Å². The fraction of sp³-hybridized carbons (Fsp3) is 0.333. The molecule has 17 heavy (non-hydrogen) atoms. The number of carboxylic acid groups (broad SMARTS) is 1. The molecule has 2 N–H and O–H groups in total. The first-order chi connectivity index (χ1) is 7.99. The summed E-state index contributed by atoms with van der Waals surface area (Å²) in [5.74, 6) is -1.60. The summed E-state index contributed by atoms with van der Waals surface area (Å²) in [7, 11) is 0. The molecule has 1 atom stereocenters. The van der Waals surface area contributed by atoms with E-state index < -0.39 is 5.97 Å². The summed E-state index contributed by atoms with van der Waals surface area (Å²) in [6.45, 7) is 1.40. The average molecular weight is 256 g/mol. The van der Waals surface area contributed by atoms with E-state index in [1.54, 1.807) is 19.1 Å². The van der Waals surface area contributed by atoms with Gasteiger partial charge in [0.05, 0.1) is 0 Å². The van der Waals surface area contributed by atoms with Crippen molar-refractivity contribution in [3.8, 4) is 0 Å². The third kappa shape index (κ3) is 4.87. The maximum Gasteiger partial charge on any atom is 0.322 e. The van der Waals surface area contributed by atoms with Crippen LogP contribution in [0.2, 0.25) is 5.02 Å². The molecule has 1 unspecified atom stereocenters. The highest BCUT2D eigenvalue weighted by atomic mass is 35.5. The van der Waals surface area contributed by atoms with Crippen LogP contribution in [0.3, 0.4) is 0 Å². The van der Waals surface area contributed by atoms with Gasteiger partial charge in [0.2, 0.25) is 5.91 Å². The van der Waals surface area contributed by atoms with Gasteiger partial charge in [0.15, 0.2) is 0 Å². The standard InChI is InChI=1S/C12H14ClNO3/c1-8(12(17)14-7-11(15)16)5-9-3-2-4-10(13)6-9/h2-4,6,8H,5,7H2,1H3,(H,14,17)(H,15,16). The average Bonchev–Trinajstić information content (AvgIpc) is 2.25. The van der Waals surface area contributed by atoms with Crippen molar-refractivity contribution in [3.05, 3.63) is 34.9 Å². The fourth-order valence-electron chi connectivity index (χ4n) is 1.45. The SMILES string of the molecule is CC(Cc1cccc(Cl)c1)C(=O)NCC(=O)O. The van der Waals surface area contributed by atoms with Gasteiger partial charge in [-0.1, -0.05) is 30.7 Å². The quantitative estimate of drug-likeness (QED) is 0.842. The Morgan fingerprint density at radius 1 is 1.47 bits per heavy atom. The third-order valence-corrected chi connectivity index (χ3v) is 2.53. The molecule has 5 heteroatoms. The summed E-state index contributed by atoms with van der Waals surface area (Å²) in [5, 5.41) is 11.4. The minimum absolute atomic E-state index is 0.271. The first-order valence-corrected chi connectivity index (χ1v) is 5.61. The van der Waals surface area contributed by atoms with Crippen LogP contribution in [0.4, 0.5) is 0 Å². The van der Waals surface area contributed by atoms with Gasteiger partial charge in [-0.25, -0.2) is 0 Å². The zero-order chi connectivity index (χ0) is 12.8. The van der Waals surface area contributed by atoms with E-state index in [1.807, 2.05) is 12.1 Å². The lowest BCUT2D eigenvalue weighted by Gasteiger charge is -2.11. The fourth-order valence-corrected chi connectivity index (χ4v) is 1.66. The van der Waals surface area contributed by atoms with Gasteiger partial charge in [-0.2, -0.15) is 0 Å². The number of benzene rings is 1. The smallest absolute Gasteiger partial charge is 0.322 e. The molecule has 92 valence electrons. The Morgan fingerprint density at radius 3 is 2.76 bits per heavy atom. The van der Waals surface area contributed by atoms with Crippen LogP contribution in [0.5, 0.6) is 0 Å². The van der Waals surface area contributed by atoms with E-state index in [4.69, 9.17) is 16.7 Å². The Kier molecular flexibility index (Phi) is 4.97. The third-order valence-electron chi connectivity index (χ3n) is 2.29. The molecule has 0 aliphatic rings. The molecule has 0 bridgehead atoms. The van der Waals surface area contributed by atoms with Crippen LogP contribution >= 0.6 is 11.6 Å². The van der Waals surface area contributed by atoms with Crippen LogP contribution in [-0.4, -0.2) is 23.5 Å². The van der Waals surface area contributed by atoms with Gasteiger partial charge < -0.3 is 10.4 Å². The summed E-state index contributed by atoms with van der Waals surface area (Å²) >= 11 is 5.83. The number of carbonyl (C=O) groups is 2. The van der Waals surface area contributed by atoms with Crippen LogP contribution in [-0.2, 0) is 16.0 Å². The molecule has 1 amide bonds. The van der Waals surface area contributed by atoms with Crippen molar-refractivity contribution in [1.82, 2.24) is 5.32 Å². The van der Waals surface area contributed by atoms with E-state index in [0.29, 0.717) is 11.4 Å². The minimum atomic E-state index is -1.05. The molecule has 0 aliphatic carbocycles. The van der Waals surface area contributed by atoms with E-state index in [9.17, 15) is 9.59 Å². The summed E-state index contributed by atoms with van der Waals surface area (Å²) in [5.41, 5.74) is 0.954. The number of rotatable bonds is 5. The molecule has 0 radical (unpaired) electrons. The number of nitrogens with one attached hydrogen (secondary N) is 1. The van der Waals surface area contributed by atoms with Crippen molar-refractivity contribution in [2.45, 2.75) is 13.3 Å². The maximum atomic E-state index is 11.5. The van der Waals surface area contributed by atoms with E-state index >= 15 is 0 Å². The number of carbonyl (C=O) groups excluding carboxylic acids is 1. The molecule has 1 rings (SSSR count). The van der Waals surface area contributed by atoms with Crippen LogP contribution < -0.4 is 5.32 Å². The van der Waals surface area contributed by atoms with Crippen molar-refractivity contribution in [3.63, 3.8) is 0 Å². The van der Waals surface area contributed by atoms with Crippen molar-refractivity contribution >= 4 is 23.5 Å². The Hall–Kier alpha value is -1.55. The van der Waals surface area contributed by atoms with Crippen molar-refractivity contribution < 1.29 is 14.7 Å². The lowest BCUT2D eigenvalue weighted by atomic mass is 10.0. The van der Waals surface area contributed by atoms with Gasteiger partial charge in [-0.3, -0.25) is 9.59 Å². The van der Waals surface area contributed by atoms with Gasteiger partial charge in [0, 0.05) is 10.9 Å². The van der Waals surface area contributed by atoms with Crippen LogP contribution in [0, 0.1) is 5.92 Å². The van der Waals surface area contributed by atoms with Crippen molar-refractivity contribution in [1.29, 1.82) is 0 Å². The second kappa shape index (κ2) is 6.25. The largest absolute Gasteiger partial charge is 0.480 e. The predicted octanol–water partition coefficient (Wildman–Crippen LogP) is 1.72. The van der Waals surface area contributed by atoms with E-state index in [0.717, 1.165) is 5.56 Å². The molecular weight excluding hydrogens is 242 g/mol.